The first-order valence-corrected chi connectivity index (χ1v) is 11.8. The van der Waals surface area contributed by atoms with Gasteiger partial charge in [0.1, 0.15) is 0 Å². The first kappa shape index (κ1) is 25.3. The molecule has 1 radical (unpaired) electrons. The van der Waals surface area contributed by atoms with Crippen LogP contribution in [0.25, 0.3) is 22.0 Å². The van der Waals surface area contributed by atoms with E-state index in [0.717, 1.165) is 55.4 Å². The van der Waals surface area contributed by atoms with E-state index in [9.17, 15) is 9.90 Å². The van der Waals surface area contributed by atoms with Crippen LogP contribution >= 0.6 is 0 Å². The Labute approximate surface area is 210 Å². The summed E-state index contributed by atoms with van der Waals surface area (Å²) >= 11 is 0. The number of fused-ring (bicyclic) bond motifs is 2. The third-order valence-electron chi connectivity index (χ3n) is 6.43. The SMILES string of the molecule is CC(C)Cc1cccc2c(-c3[c-]cccc3)nccc12.O=C1CCCC2CCCC(O)=C12.[Ir]. The van der Waals surface area contributed by atoms with Crippen LogP contribution < -0.4 is 0 Å². The van der Waals surface area contributed by atoms with Gasteiger partial charge in [0.25, 0.3) is 0 Å². The summed E-state index contributed by atoms with van der Waals surface area (Å²) in [5.74, 6) is 1.62. The first-order valence-electron chi connectivity index (χ1n) is 11.8. The number of ketones is 1. The maximum Gasteiger partial charge on any atom is 0.162 e. The zero-order valence-electron chi connectivity index (χ0n) is 19.4. The molecule has 4 heteroatoms. The third-order valence-corrected chi connectivity index (χ3v) is 6.43. The number of aliphatic hydroxyl groups excluding tert-OH is 1. The molecule has 1 atom stereocenters. The number of pyridine rings is 1. The van der Waals surface area contributed by atoms with Gasteiger partial charge in [0.15, 0.2) is 5.78 Å². The van der Waals surface area contributed by atoms with E-state index in [-0.39, 0.29) is 25.9 Å². The van der Waals surface area contributed by atoms with Gasteiger partial charge in [-0.25, -0.2) is 0 Å². The molecule has 1 saturated carbocycles. The topological polar surface area (TPSA) is 50.2 Å². The Morgan fingerprint density at radius 1 is 1.03 bits per heavy atom. The van der Waals surface area contributed by atoms with Gasteiger partial charge in [-0.05, 0) is 72.0 Å². The fraction of sp³-hybridized carbons (Fsp3) is 0.379. The Morgan fingerprint density at radius 2 is 1.82 bits per heavy atom. The van der Waals surface area contributed by atoms with Crippen molar-refractivity contribution in [2.45, 2.75) is 58.8 Å². The Hall–Kier alpha value is -2.29. The zero-order chi connectivity index (χ0) is 22.5. The van der Waals surface area contributed by atoms with Gasteiger partial charge in [-0.3, -0.25) is 4.79 Å². The fourth-order valence-corrected chi connectivity index (χ4v) is 5.00. The van der Waals surface area contributed by atoms with Gasteiger partial charge in [-0.1, -0.05) is 32.0 Å². The third kappa shape index (κ3) is 5.99. The summed E-state index contributed by atoms with van der Waals surface area (Å²) in [6, 6.07) is 19.9. The number of carbonyl (C=O) groups is 1. The van der Waals surface area contributed by atoms with E-state index < -0.39 is 0 Å². The van der Waals surface area contributed by atoms with Crippen LogP contribution in [0.3, 0.4) is 0 Å². The molecule has 3 aromatic rings. The number of hydrogen-bond acceptors (Lipinski definition) is 3. The number of aromatic nitrogens is 1. The molecule has 3 nitrogen and oxygen atoms in total. The fourth-order valence-electron chi connectivity index (χ4n) is 5.00. The molecule has 2 aliphatic rings. The van der Waals surface area contributed by atoms with Gasteiger partial charge in [0.2, 0.25) is 0 Å². The largest absolute Gasteiger partial charge is 0.512 e. The van der Waals surface area contributed by atoms with E-state index >= 15 is 0 Å². The van der Waals surface area contributed by atoms with Crippen molar-refractivity contribution < 1.29 is 30.0 Å². The van der Waals surface area contributed by atoms with E-state index in [1.165, 1.54) is 16.3 Å². The molecular formula is C29H32IrNO2-. The summed E-state index contributed by atoms with van der Waals surface area (Å²) in [5, 5.41) is 12.1. The average molecular weight is 619 g/mol. The molecular weight excluding hydrogens is 587 g/mol. The van der Waals surface area contributed by atoms with Gasteiger partial charge < -0.3 is 10.1 Å². The second-order valence-electron chi connectivity index (χ2n) is 9.31. The number of Topliss-reactive ketones (excluding diaryl/α,β-unsaturated/α-hetero) is 1. The van der Waals surface area contributed by atoms with Crippen molar-refractivity contribution in [3.8, 4) is 11.3 Å². The number of hydrogen-bond donors (Lipinski definition) is 1. The Morgan fingerprint density at radius 3 is 2.52 bits per heavy atom. The molecule has 0 amide bonds. The smallest absolute Gasteiger partial charge is 0.162 e. The number of benzene rings is 2. The summed E-state index contributed by atoms with van der Waals surface area (Å²) in [5.41, 5.74) is 4.25. The first-order chi connectivity index (χ1) is 15.5. The molecule has 33 heavy (non-hydrogen) atoms. The average Bonchev–Trinajstić information content (AvgIpc) is 2.80. The van der Waals surface area contributed by atoms with Gasteiger partial charge in [0, 0.05) is 44.7 Å². The number of aliphatic hydroxyl groups is 1. The number of rotatable bonds is 3. The minimum atomic E-state index is 0. The van der Waals surface area contributed by atoms with Gasteiger partial charge in [-0.15, -0.1) is 35.9 Å². The van der Waals surface area contributed by atoms with E-state index in [1.54, 1.807) is 0 Å². The quantitative estimate of drug-likeness (QED) is 0.315. The molecule has 2 aromatic carbocycles. The van der Waals surface area contributed by atoms with Gasteiger partial charge >= 0.3 is 0 Å². The maximum atomic E-state index is 11.4. The Balaban J connectivity index is 0.000000202. The minimum absolute atomic E-state index is 0. The second kappa shape index (κ2) is 11.7. The molecule has 1 heterocycles. The van der Waals surface area contributed by atoms with Crippen LogP contribution in [0.15, 0.2) is 66.1 Å². The molecule has 1 aromatic heterocycles. The summed E-state index contributed by atoms with van der Waals surface area (Å²) in [7, 11) is 0. The molecule has 5 rings (SSSR count). The predicted molar refractivity (Wildman–Crippen MR) is 130 cm³/mol. The van der Waals surface area contributed by atoms with Crippen molar-refractivity contribution in [1.29, 1.82) is 0 Å². The molecule has 1 unspecified atom stereocenters. The molecule has 1 N–H and O–H groups in total. The van der Waals surface area contributed by atoms with E-state index in [2.05, 4.69) is 55.2 Å². The van der Waals surface area contributed by atoms with E-state index in [4.69, 9.17) is 0 Å². The van der Waals surface area contributed by atoms with Gasteiger partial charge in [0.05, 0.1) is 5.76 Å². The van der Waals surface area contributed by atoms with Gasteiger partial charge in [-0.2, -0.15) is 0 Å². The van der Waals surface area contributed by atoms with Crippen molar-refractivity contribution >= 4 is 16.6 Å². The standard InChI is InChI=1S/C19H18N.C10H14O2.Ir/c1-14(2)13-16-9-6-10-18-17(16)11-12-20-19(18)15-7-4-3-5-8-15;11-8-5-1-3-7-4-2-6-9(12)10(7)8;/h3-7,9-12,14H,13H2,1-2H3;7,11H,1-6H2;/q-1;;. The number of nitrogens with zero attached hydrogens (tertiary/aromatic N) is 1. The van der Waals surface area contributed by atoms with Crippen molar-refractivity contribution in [3.63, 3.8) is 0 Å². The van der Waals surface area contributed by atoms with Crippen LogP contribution in [-0.2, 0) is 31.3 Å². The molecule has 0 bridgehead atoms. The van der Waals surface area contributed by atoms with E-state index in [1.807, 2.05) is 24.4 Å². The molecule has 2 aliphatic carbocycles. The summed E-state index contributed by atoms with van der Waals surface area (Å²) in [6.45, 7) is 4.51. The van der Waals surface area contributed by atoms with Crippen LogP contribution in [-0.4, -0.2) is 15.9 Å². The van der Waals surface area contributed by atoms with Crippen LogP contribution in [0.5, 0.6) is 0 Å². The van der Waals surface area contributed by atoms with Crippen molar-refractivity contribution in [1.82, 2.24) is 4.98 Å². The molecule has 0 spiro atoms. The van der Waals surface area contributed by atoms with Crippen LogP contribution in [0.4, 0.5) is 0 Å². The molecule has 1 fully saturated rings. The summed E-state index contributed by atoms with van der Waals surface area (Å²) in [6.07, 6.45) is 8.64. The van der Waals surface area contributed by atoms with Crippen molar-refractivity contribution in [3.05, 3.63) is 77.7 Å². The second-order valence-corrected chi connectivity index (χ2v) is 9.31. The minimum Gasteiger partial charge on any atom is -0.512 e. The summed E-state index contributed by atoms with van der Waals surface area (Å²) in [4.78, 5) is 16.0. The summed E-state index contributed by atoms with van der Waals surface area (Å²) < 4.78 is 0. The van der Waals surface area contributed by atoms with Crippen LogP contribution in [0, 0.1) is 17.9 Å². The monoisotopic (exact) mass is 619 g/mol. The van der Waals surface area contributed by atoms with Crippen molar-refractivity contribution in [2.75, 3.05) is 0 Å². The molecule has 0 aliphatic heterocycles. The molecule has 175 valence electrons. The Bertz CT molecular complexity index is 1120. The zero-order valence-corrected chi connectivity index (χ0v) is 21.8. The van der Waals surface area contributed by atoms with Crippen LogP contribution in [0.1, 0.15) is 57.9 Å². The normalized spacial score (nSPS) is 17.8. The van der Waals surface area contributed by atoms with Crippen molar-refractivity contribution in [2.24, 2.45) is 11.8 Å². The maximum absolute atomic E-state index is 11.4. The number of carbonyl (C=O) groups excluding carboxylic acids is 1. The molecule has 0 saturated heterocycles. The predicted octanol–water partition coefficient (Wildman–Crippen LogP) is 7.25. The number of allylic oxidation sites excluding steroid dienone is 2. The van der Waals surface area contributed by atoms with E-state index in [0.29, 0.717) is 24.0 Å². The Kier molecular flexibility index (Phi) is 9.00. The van der Waals surface area contributed by atoms with Crippen LogP contribution in [0.2, 0.25) is 0 Å².